The molecule has 0 aromatic heterocycles. The molecule has 0 spiro atoms. The Morgan fingerprint density at radius 2 is 1.68 bits per heavy atom. The summed E-state index contributed by atoms with van der Waals surface area (Å²) in [7, 11) is 0. The van der Waals surface area contributed by atoms with E-state index in [1.807, 2.05) is 30.3 Å². The molecule has 0 N–H and O–H groups in total. The first-order valence-electron chi connectivity index (χ1n) is 5.80. The normalized spacial score (nSPS) is 11.9. The number of halogens is 2. The monoisotopic (exact) mass is 294 g/mol. The van der Waals surface area contributed by atoms with Crippen LogP contribution >= 0.6 is 23.2 Å². The fourth-order valence-electron chi connectivity index (χ4n) is 1.59. The minimum absolute atomic E-state index is 0.438. The van der Waals surface area contributed by atoms with Gasteiger partial charge in [-0.3, -0.25) is 4.79 Å². The first-order valence-corrected chi connectivity index (χ1v) is 6.62. The molecule has 0 aliphatic carbocycles. The number of rotatable bonds is 4. The molecular formula is C15H12Cl2O2. The number of carbonyl (C=O) groups excluding carboxylic acids is 1. The maximum Gasteiger partial charge on any atom is 0.329 e. The predicted molar refractivity (Wildman–Crippen MR) is 76.9 cm³/mol. The van der Waals surface area contributed by atoms with Gasteiger partial charge < -0.3 is 4.74 Å². The van der Waals surface area contributed by atoms with Crippen LogP contribution in [0, 0.1) is 0 Å². The molecule has 0 saturated heterocycles. The second-order valence-electron chi connectivity index (χ2n) is 4.03. The van der Waals surface area contributed by atoms with Crippen molar-refractivity contribution < 1.29 is 9.53 Å². The van der Waals surface area contributed by atoms with Crippen LogP contribution in [0.1, 0.15) is 5.56 Å². The molecule has 1 atom stereocenters. The molecule has 0 aliphatic rings. The van der Waals surface area contributed by atoms with Crippen molar-refractivity contribution in [2.45, 2.75) is 11.8 Å². The van der Waals surface area contributed by atoms with Crippen molar-refractivity contribution in [2.75, 3.05) is 0 Å². The fourth-order valence-corrected chi connectivity index (χ4v) is 1.94. The van der Waals surface area contributed by atoms with Crippen molar-refractivity contribution in [3.05, 3.63) is 65.2 Å². The van der Waals surface area contributed by atoms with E-state index in [4.69, 9.17) is 27.9 Å². The Balaban J connectivity index is 1.94. The van der Waals surface area contributed by atoms with E-state index in [0.717, 1.165) is 5.56 Å². The lowest BCUT2D eigenvalue weighted by atomic mass is 10.1. The molecule has 0 bridgehead atoms. The van der Waals surface area contributed by atoms with Crippen LogP contribution in [0.2, 0.25) is 5.02 Å². The number of alkyl halides is 1. The van der Waals surface area contributed by atoms with Crippen molar-refractivity contribution in [2.24, 2.45) is 0 Å². The summed E-state index contributed by atoms with van der Waals surface area (Å²) in [6.07, 6.45) is 0.439. The van der Waals surface area contributed by atoms with E-state index < -0.39 is 11.3 Å². The summed E-state index contributed by atoms with van der Waals surface area (Å²) in [5.41, 5.74) is 0.996. The first-order chi connectivity index (χ1) is 9.15. The summed E-state index contributed by atoms with van der Waals surface area (Å²) in [6.45, 7) is 0. The zero-order valence-corrected chi connectivity index (χ0v) is 11.6. The van der Waals surface area contributed by atoms with Gasteiger partial charge in [0.05, 0.1) is 0 Å². The topological polar surface area (TPSA) is 26.3 Å². The Hall–Kier alpha value is -1.51. The van der Waals surface area contributed by atoms with E-state index >= 15 is 0 Å². The van der Waals surface area contributed by atoms with Gasteiger partial charge in [-0.1, -0.05) is 41.9 Å². The molecule has 2 aromatic rings. The maximum atomic E-state index is 11.8. The number of carbonyl (C=O) groups is 1. The lowest BCUT2D eigenvalue weighted by molar-refractivity contribution is -0.133. The van der Waals surface area contributed by atoms with Gasteiger partial charge in [0.1, 0.15) is 11.1 Å². The molecule has 0 fully saturated rings. The average Bonchev–Trinajstić information content (AvgIpc) is 2.42. The van der Waals surface area contributed by atoms with Crippen molar-refractivity contribution in [1.29, 1.82) is 0 Å². The van der Waals surface area contributed by atoms with Gasteiger partial charge in [-0.2, -0.15) is 0 Å². The van der Waals surface area contributed by atoms with Crippen LogP contribution in [0.5, 0.6) is 5.75 Å². The quantitative estimate of drug-likeness (QED) is 0.482. The highest BCUT2D eigenvalue weighted by molar-refractivity contribution is 6.31. The number of ether oxygens (including phenoxy) is 1. The van der Waals surface area contributed by atoms with Gasteiger partial charge in [0.15, 0.2) is 0 Å². The Kier molecular flexibility index (Phi) is 4.83. The van der Waals surface area contributed by atoms with E-state index in [-0.39, 0.29) is 0 Å². The standard InChI is InChI=1S/C15H12Cl2O2/c16-12-6-8-13(9-7-12)19-15(18)14(17)10-11-4-2-1-3-5-11/h1-9,14H,10H2/t14-/m0/s1. The van der Waals surface area contributed by atoms with E-state index in [0.29, 0.717) is 17.2 Å². The summed E-state index contributed by atoms with van der Waals surface area (Å²) in [4.78, 5) is 11.8. The molecule has 2 rings (SSSR count). The van der Waals surface area contributed by atoms with Crippen LogP contribution in [0.4, 0.5) is 0 Å². The number of benzene rings is 2. The first kappa shape index (κ1) is 13.9. The fraction of sp³-hybridized carbons (Fsp3) is 0.133. The minimum Gasteiger partial charge on any atom is -0.425 e. The van der Waals surface area contributed by atoms with Crippen molar-refractivity contribution in [1.82, 2.24) is 0 Å². The molecular weight excluding hydrogens is 283 g/mol. The Morgan fingerprint density at radius 1 is 1.05 bits per heavy atom. The third-order valence-corrected chi connectivity index (χ3v) is 3.13. The predicted octanol–water partition coefficient (Wildman–Crippen LogP) is 4.10. The summed E-state index contributed by atoms with van der Waals surface area (Å²) in [6, 6.07) is 16.1. The van der Waals surface area contributed by atoms with Crippen LogP contribution in [0.25, 0.3) is 0 Å². The van der Waals surface area contributed by atoms with Crippen molar-refractivity contribution >= 4 is 29.2 Å². The third kappa shape index (κ3) is 4.27. The van der Waals surface area contributed by atoms with Gasteiger partial charge in [-0.05, 0) is 36.2 Å². The summed E-state index contributed by atoms with van der Waals surface area (Å²) < 4.78 is 5.17. The molecule has 4 heteroatoms. The summed E-state index contributed by atoms with van der Waals surface area (Å²) >= 11 is 11.8. The van der Waals surface area contributed by atoms with E-state index in [1.165, 1.54) is 0 Å². The van der Waals surface area contributed by atoms with Crippen LogP contribution in [-0.2, 0) is 11.2 Å². The average molecular weight is 295 g/mol. The zero-order valence-electron chi connectivity index (χ0n) is 10.1. The largest absolute Gasteiger partial charge is 0.425 e. The second-order valence-corrected chi connectivity index (χ2v) is 5.00. The van der Waals surface area contributed by atoms with E-state index in [2.05, 4.69) is 0 Å². The highest BCUT2D eigenvalue weighted by atomic mass is 35.5. The second kappa shape index (κ2) is 6.60. The zero-order chi connectivity index (χ0) is 13.7. The van der Waals surface area contributed by atoms with Gasteiger partial charge >= 0.3 is 5.97 Å². The molecule has 19 heavy (non-hydrogen) atoms. The number of hydrogen-bond acceptors (Lipinski definition) is 2. The summed E-state index contributed by atoms with van der Waals surface area (Å²) in [5, 5.41) is -0.121. The van der Waals surface area contributed by atoms with Gasteiger partial charge in [0.25, 0.3) is 0 Å². The van der Waals surface area contributed by atoms with E-state index in [1.54, 1.807) is 24.3 Å². The van der Waals surface area contributed by atoms with Gasteiger partial charge in [-0.25, -0.2) is 0 Å². The van der Waals surface area contributed by atoms with Crippen LogP contribution in [0.15, 0.2) is 54.6 Å². The summed E-state index contributed by atoms with van der Waals surface area (Å²) in [5.74, 6) is -0.0269. The van der Waals surface area contributed by atoms with Crippen molar-refractivity contribution in [3.63, 3.8) is 0 Å². The molecule has 2 aromatic carbocycles. The highest BCUT2D eigenvalue weighted by Crippen LogP contribution is 2.17. The molecule has 2 nitrogen and oxygen atoms in total. The lowest BCUT2D eigenvalue weighted by Crippen LogP contribution is -2.22. The van der Waals surface area contributed by atoms with Crippen LogP contribution in [0.3, 0.4) is 0 Å². The smallest absolute Gasteiger partial charge is 0.329 e. The molecule has 98 valence electrons. The van der Waals surface area contributed by atoms with Crippen molar-refractivity contribution in [3.8, 4) is 5.75 Å². The molecule has 0 saturated carbocycles. The van der Waals surface area contributed by atoms with Crippen LogP contribution in [-0.4, -0.2) is 11.3 Å². The highest BCUT2D eigenvalue weighted by Gasteiger charge is 2.18. The van der Waals surface area contributed by atoms with E-state index in [9.17, 15) is 4.79 Å². The Labute approximate surface area is 121 Å². The molecule has 0 heterocycles. The number of hydrogen-bond donors (Lipinski definition) is 0. The van der Waals surface area contributed by atoms with Gasteiger partial charge in [0, 0.05) is 5.02 Å². The Bertz CT molecular complexity index is 538. The SMILES string of the molecule is O=C(Oc1ccc(Cl)cc1)[C@@H](Cl)Cc1ccccc1. The minimum atomic E-state index is -0.710. The molecule has 0 radical (unpaired) electrons. The van der Waals surface area contributed by atoms with Gasteiger partial charge in [0.2, 0.25) is 0 Å². The number of esters is 1. The lowest BCUT2D eigenvalue weighted by Gasteiger charge is -2.09. The third-order valence-electron chi connectivity index (χ3n) is 2.55. The van der Waals surface area contributed by atoms with Gasteiger partial charge in [-0.15, -0.1) is 11.6 Å². The molecule has 0 aliphatic heterocycles. The Morgan fingerprint density at radius 3 is 2.32 bits per heavy atom. The molecule has 0 unspecified atom stereocenters. The maximum absolute atomic E-state index is 11.8. The molecule has 0 amide bonds. The van der Waals surface area contributed by atoms with Crippen LogP contribution < -0.4 is 4.74 Å².